The summed E-state index contributed by atoms with van der Waals surface area (Å²) in [7, 11) is 1.41. The summed E-state index contributed by atoms with van der Waals surface area (Å²) in [6, 6.07) is 19.1. The molecule has 0 aromatic heterocycles. The largest absolute Gasteiger partial charge is 0.493 e. The second-order valence-electron chi connectivity index (χ2n) is 7.71. The van der Waals surface area contributed by atoms with Gasteiger partial charge in [-0.15, -0.1) is 0 Å². The Hall–Kier alpha value is -4.41. The summed E-state index contributed by atoms with van der Waals surface area (Å²) in [6.45, 7) is 1.43. The molecule has 1 heterocycles. The van der Waals surface area contributed by atoms with Crippen LogP contribution in [0.15, 0.2) is 66.7 Å². The fraction of sp³-hybridized carbons (Fsp3) is 0.111. The third-order valence-corrected chi connectivity index (χ3v) is 5.79. The molecular weight excluding hydrogens is 468 g/mol. The number of hydrogen-bond donors (Lipinski definition) is 0. The number of nitrogens with zero attached hydrogens (tertiary/aromatic N) is 2. The van der Waals surface area contributed by atoms with Crippen molar-refractivity contribution in [1.82, 2.24) is 4.90 Å². The number of allylic oxidation sites excluding steroid dienone is 1. The van der Waals surface area contributed by atoms with Crippen molar-refractivity contribution in [3.8, 4) is 17.6 Å². The highest BCUT2D eigenvalue weighted by molar-refractivity contribution is 6.30. The number of hydrogen-bond acceptors (Lipinski definition) is 6. The summed E-state index contributed by atoms with van der Waals surface area (Å²) < 4.78 is 10.8. The number of rotatable bonds is 6. The number of fused-ring (bicyclic) bond motifs is 1. The number of halogens is 1. The van der Waals surface area contributed by atoms with Crippen LogP contribution >= 0.6 is 11.6 Å². The van der Waals surface area contributed by atoms with Crippen molar-refractivity contribution in [2.75, 3.05) is 7.11 Å². The zero-order valence-corrected chi connectivity index (χ0v) is 19.6. The van der Waals surface area contributed by atoms with E-state index in [1.165, 1.54) is 20.1 Å². The molecule has 7 nitrogen and oxygen atoms in total. The van der Waals surface area contributed by atoms with E-state index in [9.17, 15) is 19.6 Å². The first-order valence-corrected chi connectivity index (χ1v) is 11.0. The smallest absolute Gasteiger partial charge is 0.334 e. The standard InChI is InChI=1S/C27H19ClN2O5/c1-16(30-25(31)21-5-3-4-6-22(21)26(30)32)27(33)35-23-12-7-17(14-24(23)34-2)13-19(15-29)18-8-10-20(28)11-9-18/h3-14,16H,1-2H3/b19-13+. The van der Waals surface area contributed by atoms with Crippen LogP contribution in [-0.2, 0) is 4.79 Å². The fourth-order valence-corrected chi connectivity index (χ4v) is 3.82. The number of esters is 1. The molecule has 0 saturated heterocycles. The van der Waals surface area contributed by atoms with Crippen LogP contribution in [-0.4, -0.2) is 35.8 Å². The van der Waals surface area contributed by atoms with Gasteiger partial charge in [0.25, 0.3) is 11.8 Å². The number of ether oxygens (including phenoxy) is 2. The number of amides is 2. The van der Waals surface area contributed by atoms with Gasteiger partial charge in [0.1, 0.15) is 6.04 Å². The third kappa shape index (κ3) is 4.65. The Morgan fingerprint density at radius 2 is 1.63 bits per heavy atom. The Morgan fingerprint density at radius 1 is 1.00 bits per heavy atom. The second kappa shape index (κ2) is 9.84. The summed E-state index contributed by atoms with van der Waals surface area (Å²) in [5.74, 6) is -1.53. The van der Waals surface area contributed by atoms with Crippen molar-refractivity contribution >= 4 is 41.0 Å². The van der Waals surface area contributed by atoms with Gasteiger partial charge in [-0.1, -0.05) is 41.9 Å². The molecule has 1 aliphatic rings. The van der Waals surface area contributed by atoms with Crippen LogP contribution in [0.1, 0.15) is 38.8 Å². The van der Waals surface area contributed by atoms with Gasteiger partial charge in [-0.25, -0.2) is 4.79 Å². The second-order valence-corrected chi connectivity index (χ2v) is 8.15. The molecule has 4 rings (SSSR count). The molecule has 0 bridgehead atoms. The van der Waals surface area contributed by atoms with Crippen molar-refractivity contribution in [3.05, 3.63) is 94.0 Å². The van der Waals surface area contributed by atoms with Gasteiger partial charge in [-0.05, 0) is 60.5 Å². The predicted octanol–water partition coefficient (Wildman–Crippen LogP) is 5.00. The minimum Gasteiger partial charge on any atom is -0.493 e. The lowest BCUT2D eigenvalue weighted by molar-refractivity contribution is -0.138. The average molecular weight is 487 g/mol. The van der Waals surface area contributed by atoms with Crippen LogP contribution in [0.25, 0.3) is 11.6 Å². The van der Waals surface area contributed by atoms with E-state index in [0.29, 0.717) is 21.7 Å². The van der Waals surface area contributed by atoms with Gasteiger partial charge in [-0.2, -0.15) is 5.26 Å². The lowest BCUT2D eigenvalue weighted by Crippen LogP contribution is -2.44. The first kappa shape index (κ1) is 23.7. The topological polar surface area (TPSA) is 96.7 Å². The Kier molecular flexibility index (Phi) is 6.67. The van der Waals surface area contributed by atoms with Crippen LogP contribution in [0, 0.1) is 11.3 Å². The Labute approximate surface area is 206 Å². The minimum absolute atomic E-state index is 0.114. The molecule has 1 unspecified atom stereocenters. The van der Waals surface area contributed by atoms with E-state index in [2.05, 4.69) is 6.07 Å². The zero-order chi connectivity index (χ0) is 25.1. The first-order valence-electron chi connectivity index (χ1n) is 10.6. The molecule has 0 N–H and O–H groups in total. The zero-order valence-electron chi connectivity index (χ0n) is 18.8. The van der Waals surface area contributed by atoms with E-state index in [4.69, 9.17) is 21.1 Å². The Balaban J connectivity index is 1.55. The van der Waals surface area contributed by atoms with Crippen LogP contribution in [0.2, 0.25) is 5.02 Å². The van der Waals surface area contributed by atoms with Gasteiger partial charge in [0.15, 0.2) is 11.5 Å². The van der Waals surface area contributed by atoms with Crippen molar-refractivity contribution in [3.63, 3.8) is 0 Å². The highest BCUT2D eigenvalue weighted by Crippen LogP contribution is 2.31. The van der Waals surface area contributed by atoms with Crippen LogP contribution < -0.4 is 9.47 Å². The number of nitriles is 1. The van der Waals surface area contributed by atoms with E-state index < -0.39 is 23.8 Å². The lowest BCUT2D eigenvalue weighted by Gasteiger charge is -2.21. The number of methoxy groups -OCH3 is 1. The SMILES string of the molecule is COc1cc(/C=C(\C#N)c2ccc(Cl)cc2)ccc1OC(=O)C(C)N1C(=O)c2ccccc2C1=O. The van der Waals surface area contributed by atoms with Gasteiger partial charge < -0.3 is 9.47 Å². The van der Waals surface area contributed by atoms with Crippen molar-refractivity contribution in [1.29, 1.82) is 5.26 Å². The van der Waals surface area contributed by atoms with Crippen LogP contribution in [0.3, 0.4) is 0 Å². The molecule has 3 aromatic carbocycles. The summed E-state index contributed by atoms with van der Waals surface area (Å²) in [5.41, 5.74) is 2.25. The molecular formula is C27H19ClN2O5. The maximum atomic E-state index is 12.8. The van der Waals surface area contributed by atoms with E-state index >= 15 is 0 Å². The Morgan fingerprint density at radius 3 is 2.20 bits per heavy atom. The average Bonchev–Trinajstić information content (AvgIpc) is 3.13. The number of benzene rings is 3. The first-order chi connectivity index (χ1) is 16.8. The molecule has 1 aliphatic heterocycles. The van der Waals surface area contributed by atoms with Crippen LogP contribution in [0.4, 0.5) is 0 Å². The maximum Gasteiger partial charge on any atom is 0.334 e. The van der Waals surface area contributed by atoms with Crippen molar-refractivity contribution in [2.24, 2.45) is 0 Å². The molecule has 0 spiro atoms. The minimum atomic E-state index is -1.15. The molecule has 2 amide bonds. The lowest BCUT2D eigenvalue weighted by atomic mass is 10.0. The Bertz CT molecular complexity index is 1370. The molecule has 0 saturated carbocycles. The molecule has 35 heavy (non-hydrogen) atoms. The highest BCUT2D eigenvalue weighted by Gasteiger charge is 2.41. The highest BCUT2D eigenvalue weighted by atomic mass is 35.5. The summed E-state index contributed by atoms with van der Waals surface area (Å²) in [5, 5.41) is 10.1. The van der Waals surface area contributed by atoms with E-state index in [0.717, 1.165) is 4.90 Å². The van der Waals surface area contributed by atoms with Gasteiger partial charge in [0.2, 0.25) is 0 Å². The molecule has 8 heteroatoms. The van der Waals surface area contributed by atoms with E-state index in [-0.39, 0.29) is 22.6 Å². The van der Waals surface area contributed by atoms with E-state index in [1.807, 2.05) is 0 Å². The molecule has 0 fully saturated rings. The fourth-order valence-electron chi connectivity index (χ4n) is 3.69. The number of imide groups is 1. The molecule has 174 valence electrons. The van der Waals surface area contributed by atoms with Gasteiger partial charge >= 0.3 is 5.97 Å². The summed E-state index contributed by atoms with van der Waals surface area (Å²) in [4.78, 5) is 39.1. The van der Waals surface area contributed by atoms with Crippen LogP contribution in [0.5, 0.6) is 11.5 Å². The predicted molar refractivity (Wildman–Crippen MR) is 130 cm³/mol. The normalized spacial score (nSPS) is 13.8. The summed E-state index contributed by atoms with van der Waals surface area (Å²) in [6.07, 6.45) is 1.67. The maximum absolute atomic E-state index is 12.8. The van der Waals surface area contributed by atoms with Gasteiger partial charge in [0.05, 0.1) is 29.9 Å². The quantitative estimate of drug-likeness (QED) is 0.160. The van der Waals surface area contributed by atoms with Gasteiger partial charge in [-0.3, -0.25) is 14.5 Å². The molecule has 3 aromatic rings. The van der Waals surface area contributed by atoms with Crippen molar-refractivity contribution < 1.29 is 23.9 Å². The third-order valence-electron chi connectivity index (χ3n) is 5.54. The summed E-state index contributed by atoms with van der Waals surface area (Å²) >= 11 is 5.92. The number of carbonyl (C=O) groups excluding carboxylic acids is 3. The molecule has 0 aliphatic carbocycles. The van der Waals surface area contributed by atoms with Crippen molar-refractivity contribution in [2.45, 2.75) is 13.0 Å². The molecule has 1 atom stereocenters. The van der Waals surface area contributed by atoms with Gasteiger partial charge in [0, 0.05) is 5.02 Å². The monoisotopic (exact) mass is 486 g/mol. The number of carbonyl (C=O) groups is 3. The molecule has 0 radical (unpaired) electrons. The van der Waals surface area contributed by atoms with E-state index in [1.54, 1.807) is 66.7 Å².